The molecule has 5 nitrogen and oxygen atoms in total. The predicted molar refractivity (Wildman–Crippen MR) is 72.8 cm³/mol. The number of aromatic nitrogens is 1. The third-order valence-electron chi connectivity index (χ3n) is 3.17. The Balaban J connectivity index is 2.29. The topological polar surface area (TPSA) is 75.4 Å². The molecule has 2 N–H and O–H groups in total. The molecule has 19 heavy (non-hydrogen) atoms. The molecule has 1 aromatic heterocycles. The third kappa shape index (κ3) is 5.42. The maximum absolute atomic E-state index is 11.7. The maximum Gasteiger partial charge on any atom is 0.220 e. The summed E-state index contributed by atoms with van der Waals surface area (Å²) in [5.41, 5.74) is 1.87. The number of aliphatic hydroxyl groups excluding tert-OH is 1. The smallest absolute Gasteiger partial charge is 0.220 e. The Morgan fingerprint density at radius 1 is 1.42 bits per heavy atom. The Kier molecular flexibility index (Phi) is 6.02. The van der Waals surface area contributed by atoms with Crippen LogP contribution in [-0.4, -0.2) is 28.8 Å². The lowest BCUT2D eigenvalue weighted by atomic mass is 10.0. The highest BCUT2D eigenvalue weighted by Crippen LogP contribution is 2.14. The Morgan fingerprint density at radius 2 is 2.11 bits per heavy atom. The van der Waals surface area contributed by atoms with Crippen LogP contribution >= 0.6 is 0 Å². The molecule has 0 radical (unpaired) electrons. The van der Waals surface area contributed by atoms with E-state index in [2.05, 4.69) is 10.5 Å². The molecule has 0 bridgehead atoms. The number of hydrogen-bond acceptors (Lipinski definition) is 4. The van der Waals surface area contributed by atoms with Crippen molar-refractivity contribution in [3.63, 3.8) is 0 Å². The molecule has 0 aliphatic heterocycles. The van der Waals surface area contributed by atoms with E-state index in [4.69, 9.17) is 4.52 Å². The molecule has 0 saturated carbocycles. The van der Waals surface area contributed by atoms with Gasteiger partial charge in [0, 0.05) is 18.5 Å². The van der Waals surface area contributed by atoms with Crippen LogP contribution in [0.4, 0.5) is 0 Å². The fourth-order valence-electron chi connectivity index (χ4n) is 2.14. The van der Waals surface area contributed by atoms with Gasteiger partial charge in [-0.2, -0.15) is 0 Å². The van der Waals surface area contributed by atoms with Crippen LogP contribution in [0, 0.1) is 19.8 Å². The van der Waals surface area contributed by atoms with Crippen LogP contribution in [0.5, 0.6) is 0 Å². The van der Waals surface area contributed by atoms with Crippen molar-refractivity contribution in [2.24, 2.45) is 5.92 Å². The molecule has 0 saturated heterocycles. The van der Waals surface area contributed by atoms with Gasteiger partial charge >= 0.3 is 0 Å². The first-order valence-corrected chi connectivity index (χ1v) is 6.76. The highest BCUT2D eigenvalue weighted by atomic mass is 16.5. The van der Waals surface area contributed by atoms with Crippen molar-refractivity contribution in [2.75, 3.05) is 6.54 Å². The molecule has 1 rings (SSSR count). The molecule has 5 heteroatoms. The van der Waals surface area contributed by atoms with Crippen molar-refractivity contribution in [1.82, 2.24) is 10.5 Å². The zero-order chi connectivity index (χ0) is 14.4. The Bertz CT molecular complexity index is 393. The molecule has 1 amide bonds. The van der Waals surface area contributed by atoms with Crippen LogP contribution in [0.2, 0.25) is 0 Å². The van der Waals surface area contributed by atoms with Crippen molar-refractivity contribution in [3.05, 3.63) is 17.0 Å². The SMILES string of the molecule is Cc1noc(C)c1CCC(=O)NCC(C)CC(C)O. The monoisotopic (exact) mass is 268 g/mol. The highest BCUT2D eigenvalue weighted by Gasteiger charge is 2.12. The van der Waals surface area contributed by atoms with Gasteiger partial charge in [0.1, 0.15) is 5.76 Å². The second-order valence-corrected chi connectivity index (χ2v) is 5.30. The average Bonchev–Trinajstić information content (AvgIpc) is 2.63. The number of amides is 1. The number of aliphatic hydroxyl groups is 1. The Labute approximate surface area is 114 Å². The number of nitrogens with zero attached hydrogens (tertiary/aromatic N) is 1. The van der Waals surface area contributed by atoms with E-state index in [9.17, 15) is 9.90 Å². The van der Waals surface area contributed by atoms with E-state index >= 15 is 0 Å². The van der Waals surface area contributed by atoms with Gasteiger partial charge in [0.05, 0.1) is 11.8 Å². The molecule has 2 unspecified atom stereocenters. The van der Waals surface area contributed by atoms with Crippen LogP contribution in [0.3, 0.4) is 0 Å². The van der Waals surface area contributed by atoms with Gasteiger partial charge in [-0.3, -0.25) is 4.79 Å². The molecular weight excluding hydrogens is 244 g/mol. The number of carbonyl (C=O) groups is 1. The van der Waals surface area contributed by atoms with Gasteiger partial charge in [0.2, 0.25) is 5.91 Å². The van der Waals surface area contributed by atoms with Gasteiger partial charge in [-0.05, 0) is 39.5 Å². The van der Waals surface area contributed by atoms with Gasteiger partial charge in [0.15, 0.2) is 0 Å². The second-order valence-electron chi connectivity index (χ2n) is 5.30. The lowest BCUT2D eigenvalue weighted by Gasteiger charge is -2.14. The Morgan fingerprint density at radius 3 is 2.63 bits per heavy atom. The summed E-state index contributed by atoms with van der Waals surface area (Å²) in [5.74, 6) is 1.09. The number of aryl methyl sites for hydroxylation is 2. The molecule has 0 aromatic carbocycles. The van der Waals surface area contributed by atoms with Crippen molar-refractivity contribution in [1.29, 1.82) is 0 Å². The van der Waals surface area contributed by atoms with Crippen molar-refractivity contribution in [2.45, 2.75) is 53.1 Å². The van der Waals surface area contributed by atoms with E-state index in [1.54, 1.807) is 6.92 Å². The predicted octanol–water partition coefficient (Wildman–Crippen LogP) is 1.75. The van der Waals surface area contributed by atoms with Gasteiger partial charge in [-0.1, -0.05) is 12.1 Å². The zero-order valence-corrected chi connectivity index (χ0v) is 12.2. The van der Waals surface area contributed by atoms with E-state index in [0.29, 0.717) is 25.8 Å². The minimum absolute atomic E-state index is 0.0254. The normalized spacial score (nSPS) is 14.2. The summed E-state index contributed by atoms with van der Waals surface area (Å²) in [7, 11) is 0. The van der Waals surface area contributed by atoms with Gasteiger partial charge in [-0.25, -0.2) is 0 Å². The van der Waals surface area contributed by atoms with E-state index in [1.165, 1.54) is 0 Å². The second kappa shape index (κ2) is 7.28. The van der Waals surface area contributed by atoms with Crippen LogP contribution in [0.25, 0.3) is 0 Å². The van der Waals surface area contributed by atoms with Gasteiger partial charge < -0.3 is 14.9 Å². The van der Waals surface area contributed by atoms with E-state index in [0.717, 1.165) is 17.0 Å². The third-order valence-corrected chi connectivity index (χ3v) is 3.17. The van der Waals surface area contributed by atoms with E-state index < -0.39 is 0 Å². The van der Waals surface area contributed by atoms with Crippen LogP contribution in [-0.2, 0) is 11.2 Å². The summed E-state index contributed by atoms with van der Waals surface area (Å²) in [6.45, 7) is 8.12. The van der Waals surface area contributed by atoms with Crippen LogP contribution in [0.15, 0.2) is 4.52 Å². The van der Waals surface area contributed by atoms with Crippen molar-refractivity contribution in [3.8, 4) is 0 Å². The minimum Gasteiger partial charge on any atom is -0.393 e. The molecule has 0 aliphatic carbocycles. The molecule has 0 spiro atoms. The maximum atomic E-state index is 11.7. The summed E-state index contributed by atoms with van der Waals surface area (Å²) in [6.07, 6.45) is 1.46. The fourth-order valence-corrected chi connectivity index (χ4v) is 2.14. The first kappa shape index (κ1) is 15.7. The molecule has 2 atom stereocenters. The van der Waals surface area contributed by atoms with Crippen LogP contribution in [0.1, 0.15) is 43.7 Å². The van der Waals surface area contributed by atoms with Gasteiger partial charge in [-0.15, -0.1) is 0 Å². The van der Waals surface area contributed by atoms with Crippen LogP contribution < -0.4 is 5.32 Å². The number of carbonyl (C=O) groups excluding carboxylic acids is 1. The molecule has 0 aliphatic rings. The Hall–Kier alpha value is -1.36. The first-order valence-electron chi connectivity index (χ1n) is 6.76. The summed E-state index contributed by atoms with van der Waals surface area (Å²) < 4.78 is 5.06. The number of nitrogens with one attached hydrogen (secondary N) is 1. The average molecular weight is 268 g/mol. The van der Waals surface area contributed by atoms with Gasteiger partial charge in [0.25, 0.3) is 0 Å². The largest absolute Gasteiger partial charge is 0.393 e. The first-order chi connectivity index (χ1) is 8.90. The van der Waals surface area contributed by atoms with Crippen molar-refractivity contribution >= 4 is 5.91 Å². The zero-order valence-electron chi connectivity index (χ0n) is 12.2. The quantitative estimate of drug-likeness (QED) is 0.790. The number of hydrogen-bond donors (Lipinski definition) is 2. The van der Waals surface area contributed by atoms with E-state index in [1.807, 2.05) is 20.8 Å². The molecule has 0 fully saturated rings. The summed E-state index contributed by atoms with van der Waals surface area (Å²) >= 11 is 0. The molecule has 108 valence electrons. The molecule has 1 aromatic rings. The minimum atomic E-state index is -0.325. The highest BCUT2D eigenvalue weighted by molar-refractivity contribution is 5.76. The standard InChI is InChI=1S/C14H24N2O3/c1-9(7-10(2)17)8-15-14(18)6-5-13-11(3)16-19-12(13)4/h9-10,17H,5-8H2,1-4H3,(H,15,18). The summed E-state index contributed by atoms with van der Waals surface area (Å²) in [6, 6.07) is 0. The lowest BCUT2D eigenvalue weighted by Crippen LogP contribution is -2.29. The number of rotatable bonds is 7. The fraction of sp³-hybridized carbons (Fsp3) is 0.714. The summed E-state index contributed by atoms with van der Waals surface area (Å²) in [4.78, 5) is 11.7. The molecule has 1 heterocycles. The summed E-state index contributed by atoms with van der Waals surface area (Å²) in [5, 5.41) is 16.0. The van der Waals surface area contributed by atoms with Crippen molar-refractivity contribution < 1.29 is 14.4 Å². The molecular formula is C14H24N2O3. The lowest BCUT2D eigenvalue weighted by molar-refractivity contribution is -0.121. The van der Waals surface area contributed by atoms with E-state index in [-0.39, 0.29) is 17.9 Å².